The van der Waals surface area contributed by atoms with E-state index in [0.29, 0.717) is 11.8 Å². The van der Waals surface area contributed by atoms with Gasteiger partial charge in [0.2, 0.25) is 0 Å². The molecule has 0 saturated heterocycles. The van der Waals surface area contributed by atoms with Crippen LogP contribution < -0.4 is 0 Å². The molecule has 100 valence electrons. The molecule has 0 bridgehead atoms. The Kier molecular flexibility index (Phi) is 2.33. The van der Waals surface area contributed by atoms with Gasteiger partial charge in [-0.25, -0.2) is 0 Å². The molecule has 0 heterocycles. The second-order valence-corrected chi connectivity index (χ2v) is 6.88. The first kappa shape index (κ1) is 11.5. The van der Waals surface area contributed by atoms with Gasteiger partial charge >= 0.3 is 5.97 Å². The van der Waals surface area contributed by atoms with Gasteiger partial charge in [-0.05, 0) is 73.5 Å². The zero-order chi connectivity index (χ0) is 13.0. The summed E-state index contributed by atoms with van der Waals surface area (Å²) in [5.41, 5.74) is 3.72. The Labute approximate surface area is 113 Å². The fourth-order valence-corrected chi connectivity index (χ4v) is 4.42. The number of aryl methyl sites for hydroxylation is 2. The van der Waals surface area contributed by atoms with E-state index in [9.17, 15) is 9.90 Å². The van der Waals surface area contributed by atoms with Crippen LogP contribution in [0.4, 0.5) is 0 Å². The Morgan fingerprint density at radius 3 is 2.68 bits per heavy atom. The molecule has 3 aliphatic carbocycles. The molecule has 1 aromatic rings. The summed E-state index contributed by atoms with van der Waals surface area (Å²) in [7, 11) is 0. The van der Waals surface area contributed by atoms with Crippen molar-refractivity contribution in [2.45, 2.75) is 44.9 Å². The summed E-state index contributed by atoms with van der Waals surface area (Å²) in [5, 5.41) is 9.66. The number of carboxylic acid groups (broad SMARTS) is 1. The number of benzene rings is 1. The van der Waals surface area contributed by atoms with Crippen molar-refractivity contribution < 1.29 is 9.90 Å². The topological polar surface area (TPSA) is 37.3 Å². The van der Waals surface area contributed by atoms with Crippen LogP contribution in [0.5, 0.6) is 0 Å². The van der Waals surface area contributed by atoms with Gasteiger partial charge < -0.3 is 5.11 Å². The first-order valence-corrected chi connectivity index (χ1v) is 7.50. The lowest BCUT2D eigenvalue weighted by Crippen LogP contribution is -2.32. The van der Waals surface area contributed by atoms with Gasteiger partial charge in [0.25, 0.3) is 0 Å². The van der Waals surface area contributed by atoms with Gasteiger partial charge in [0.1, 0.15) is 0 Å². The van der Waals surface area contributed by atoms with Crippen LogP contribution in [0, 0.1) is 17.3 Å². The maximum atomic E-state index is 11.7. The molecule has 0 radical (unpaired) electrons. The zero-order valence-corrected chi connectivity index (χ0v) is 11.2. The van der Waals surface area contributed by atoms with Crippen LogP contribution >= 0.6 is 0 Å². The third-order valence-electron chi connectivity index (χ3n) is 5.53. The number of carbonyl (C=O) groups is 1. The fraction of sp³-hybridized carbons (Fsp3) is 0.588. The minimum atomic E-state index is -0.569. The second-order valence-electron chi connectivity index (χ2n) is 6.88. The summed E-state index contributed by atoms with van der Waals surface area (Å²) < 4.78 is 0. The third kappa shape index (κ3) is 1.80. The molecule has 19 heavy (non-hydrogen) atoms. The first-order valence-electron chi connectivity index (χ1n) is 7.50. The van der Waals surface area contributed by atoms with E-state index in [2.05, 4.69) is 18.2 Å². The standard InChI is InChI=1S/C17H20O2/c18-16(19)17(9-14-7-15(14)10-17)8-11-4-5-12-2-1-3-13(12)6-11/h4-6,14-15H,1-3,7-10H2,(H,18,19). The smallest absolute Gasteiger partial charge is 0.309 e. The van der Waals surface area contributed by atoms with Crippen LogP contribution in [0.25, 0.3) is 0 Å². The van der Waals surface area contributed by atoms with E-state index in [-0.39, 0.29) is 0 Å². The maximum Gasteiger partial charge on any atom is 0.309 e. The largest absolute Gasteiger partial charge is 0.481 e. The SMILES string of the molecule is O=C(O)C1(Cc2ccc3c(c2)CCC3)CC2CC2C1. The van der Waals surface area contributed by atoms with Crippen molar-refractivity contribution in [3.8, 4) is 0 Å². The lowest BCUT2D eigenvalue weighted by Gasteiger charge is -2.26. The highest BCUT2D eigenvalue weighted by Crippen LogP contribution is 2.61. The Morgan fingerprint density at radius 2 is 1.95 bits per heavy atom. The average molecular weight is 256 g/mol. The average Bonchev–Trinajstić information content (AvgIpc) is 2.83. The molecule has 2 unspecified atom stereocenters. The van der Waals surface area contributed by atoms with E-state index < -0.39 is 11.4 Å². The van der Waals surface area contributed by atoms with Crippen LogP contribution in [0.3, 0.4) is 0 Å². The molecular weight excluding hydrogens is 236 g/mol. The van der Waals surface area contributed by atoms with Crippen molar-refractivity contribution in [3.63, 3.8) is 0 Å². The summed E-state index contributed by atoms with van der Waals surface area (Å²) in [6, 6.07) is 6.67. The number of rotatable bonds is 3. The van der Waals surface area contributed by atoms with Crippen molar-refractivity contribution in [2.24, 2.45) is 17.3 Å². The summed E-state index contributed by atoms with van der Waals surface area (Å²) in [6.07, 6.45) is 7.46. The summed E-state index contributed by atoms with van der Waals surface area (Å²) in [5.74, 6) is 0.858. The van der Waals surface area contributed by atoms with Gasteiger partial charge in [0.15, 0.2) is 0 Å². The molecule has 2 atom stereocenters. The monoisotopic (exact) mass is 256 g/mol. The molecule has 1 N–H and O–H groups in total. The molecule has 3 aliphatic rings. The molecule has 0 aromatic heterocycles. The van der Waals surface area contributed by atoms with Crippen molar-refractivity contribution >= 4 is 5.97 Å². The molecule has 2 saturated carbocycles. The predicted molar refractivity (Wildman–Crippen MR) is 73.1 cm³/mol. The second kappa shape index (κ2) is 3.84. The molecule has 2 heteroatoms. The van der Waals surface area contributed by atoms with Gasteiger partial charge in [-0.3, -0.25) is 4.79 Å². The van der Waals surface area contributed by atoms with E-state index in [1.807, 2.05) is 0 Å². The Balaban J connectivity index is 1.61. The van der Waals surface area contributed by atoms with Gasteiger partial charge in [0.05, 0.1) is 5.41 Å². The van der Waals surface area contributed by atoms with E-state index in [4.69, 9.17) is 0 Å². The molecule has 0 amide bonds. The molecule has 2 nitrogen and oxygen atoms in total. The van der Waals surface area contributed by atoms with Crippen LogP contribution in [-0.4, -0.2) is 11.1 Å². The van der Waals surface area contributed by atoms with Gasteiger partial charge in [-0.1, -0.05) is 18.2 Å². The highest BCUT2D eigenvalue weighted by atomic mass is 16.4. The van der Waals surface area contributed by atoms with Crippen LogP contribution in [0.15, 0.2) is 18.2 Å². The van der Waals surface area contributed by atoms with E-state index in [0.717, 1.165) is 19.3 Å². The normalized spacial score (nSPS) is 34.9. The Bertz CT molecular complexity index is 536. The van der Waals surface area contributed by atoms with E-state index >= 15 is 0 Å². The lowest BCUT2D eigenvalue weighted by atomic mass is 9.77. The number of fused-ring (bicyclic) bond motifs is 2. The Hall–Kier alpha value is -1.31. The minimum absolute atomic E-state index is 0.458. The molecule has 4 rings (SSSR count). The quantitative estimate of drug-likeness (QED) is 0.901. The minimum Gasteiger partial charge on any atom is -0.481 e. The van der Waals surface area contributed by atoms with Crippen LogP contribution in [0.1, 0.15) is 42.4 Å². The number of aliphatic carboxylic acids is 1. The van der Waals surface area contributed by atoms with Gasteiger partial charge in [-0.2, -0.15) is 0 Å². The molecule has 0 spiro atoms. The Morgan fingerprint density at radius 1 is 1.21 bits per heavy atom. The first-order chi connectivity index (χ1) is 9.16. The predicted octanol–water partition coefficient (Wildman–Crippen LogP) is 3.22. The summed E-state index contributed by atoms with van der Waals surface area (Å²) >= 11 is 0. The van der Waals surface area contributed by atoms with Crippen molar-refractivity contribution in [1.29, 1.82) is 0 Å². The van der Waals surface area contributed by atoms with Gasteiger partial charge in [-0.15, -0.1) is 0 Å². The molecule has 2 fully saturated rings. The third-order valence-corrected chi connectivity index (χ3v) is 5.53. The number of carboxylic acids is 1. The molecule has 0 aliphatic heterocycles. The van der Waals surface area contributed by atoms with Crippen molar-refractivity contribution in [2.75, 3.05) is 0 Å². The highest BCUT2D eigenvalue weighted by Gasteiger charge is 2.57. The molecule has 1 aromatic carbocycles. The van der Waals surface area contributed by atoms with Crippen molar-refractivity contribution in [1.82, 2.24) is 0 Å². The maximum absolute atomic E-state index is 11.7. The van der Waals surface area contributed by atoms with Crippen LogP contribution in [-0.2, 0) is 24.1 Å². The molecular formula is C17H20O2. The fourth-order valence-electron chi connectivity index (χ4n) is 4.42. The number of hydrogen-bond acceptors (Lipinski definition) is 1. The number of hydrogen-bond donors (Lipinski definition) is 1. The highest BCUT2D eigenvalue weighted by molar-refractivity contribution is 5.76. The van der Waals surface area contributed by atoms with Gasteiger partial charge in [0, 0.05) is 0 Å². The van der Waals surface area contributed by atoms with Crippen molar-refractivity contribution in [3.05, 3.63) is 34.9 Å². The summed E-state index contributed by atoms with van der Waals surface area (Å²) in [4.78, 5) is 11.7. The van der Waals surface area contributed by atoms with E-state index in [1.165, 1.54) is 42.4 Å². The zero-order valence-electron chi connectivity index (χ0n) is 11.2. The summed E-state index contributed by atoms with van der Waals surface area (Å²) in [6.45, 7) is 0. The van der Waals surface area contributed by atoms with E-state index in [1.54, 1.807) is 0 Å². The lowest BCUT2D eigenvalue weighted by molar-refractivity contribution is -0.149. The van der Waals surface area contributed by atoms with Crippen LogP contribution in [0.2, 0.25) is 0 Å².